The number of piperazine rings is 1. The Bertz CT molecular complexity index is 1550. The van der Waals surface area contributed by atoms with Crippen LogP contribution in [0.5, 0.6) is 0 Å². The van der Waals surface area contributed by atoms with Crippen LogP contribution in [0.2, 0.25) is 0 Å². The summed E-state index contributed by atoms with van der Waals surface area (Å²) in [7, 11) is 2.23. The summed E-state index contributed by atoms with van der Waals surface area (Å²) in [6.07, 6.45) is 10.4. The monoisotopic (exact) mass is 563 g/mol. The quantitative estimate of drug-likeness (QED) is 0.283. The van der Waals surface area contributed by atoms with E-state index in [1.54, 1.807) is 24.7 Å². The molecule has 0 atom stereocenters. The van der Waals surface area contributed by atoms with Gasteiger partial charge in [-0.1, -0.05) is 19.6 Å². The van der Waals surface area contributed by atoms with Crippen molar-refractivity contribution in [2.45, 2.75) is 39.2 Å². The number of likely N-dealkylation sites (N-methyl/N-ethyl adjacent to an activating group) is 1. The van der Waals surface area contributed by atoms with E-state index in [1.807, 2.05) is 19.1 Å². The molecule has 2 N–H and O–H groups in total. The van der Waals surface area contributed by atoms with Gasteiger partial charge in [-0.25, -0.2) is 4.98 Å². The Morgan fingerprint density at radius 3 is 2.50 bits per heavy atom. The van der Waals surface area contributed by atoms with Gasteiger partial charge in [-0.15, -0.1) is 0 Å². The van der Waals surface area contributed by atoms with Gasteiger partial charge in [-0.05, 0) is 69.1 Å². The molecule has 42 heavy (non-hydrogen) atoms. The number of aryl methyl sites for hydroxylation is 2. The number of nitrogens with one attached hydrogen (secondary N) is 2. The van der Waals surface area contributed by atoms with Crippen molar-refractivity contribution in [3.63, 3.8) is 0 Å². The number of rotatable bonds is 8. The minimum absolute atomic E-state index is 0.532. The van der Waals surface area contributed by atoms with Crippen LogP contribution in [0.1, 0.15) is 36.5 Å². The lowest BCUT2D eigenvalue weighted by molar-refractivity contribution is 0.0982. The van der Waals surface area contributed by atoms with E-state index < -0.39 is 0 Å². The average Bonchev–Trinajstić information content (AvgIpc) is 3.03. The van der Waals surface area contributed by atoms with E-state index in [4.69, 9.17) is 4.98 Å². The number of piperidine rings is 1. The zero-order valence-electron chi connectivity index (χ0n) is 25.0. The highest BCUT2D eigenvalue weighted by Gasteiger charge is 2.27. The Morgan fingerprint density at radius 2 is 1.74 bits per heavy atom. The lowest BCUT2D eigenvalue weighted by atomic mass is 10.00. The van der Waals surface area contributed by atoms with Gasteiger partial charge in [0.1, 0.15) is 5.82 Å². The molecule has 0 unspecified atom stereocenters. The van der Waals surface area contributed by atoms with Gasteiger partial charge in [0, 0.05) is 92.1 Å². The number of anilines is 5. The van der Waals surface area contributed by atoms with E-state index in [0.29, 0.717) is 17.8 Å². The average molecular weight is 564 g/mol. The number of aromatic nitrogens is 4. The van der Waals surface area contributed by atoms with Crippen LogP contribution < -0.4 is 15.5 Å². The maximum atomic E-state index is 4.82. The molecule has 0 bridgehead atoms. The van der Waals surface area contributed by atoms with Crippen molar-refractivity contribution < 1.29 is 0 Å². The molecule has 2 aliphatic heterocycles. The molecule has 2 aromatic carbocycles. The molecule has 0 radical (unpaired) electrons. The number of fused-ring (bicyclic) bond motifs is 1. The minimum atomic E-state index is 0.532. The molecule has 0 amide bonds. The molecule has 2 aliphatic rings. The Balaban J connectivity index is 1.16. The second kappa shape index (κ2) is 12.4. The Kier molecular flexibility index (Phi) is 8.30. The van der Waals surface area contributed by atoms with Crippen molar-refractivity contribution in [3.8, 4) is 0 Å². The Morgan fingerprint density at radius 1 is 0.952 bits per heavy atom. The van der Waals surface area contributed by atoms with Gasteiger partial charge in [-0.2, -0.15) is 4.98 Å². The topological polar surface area (TPSA) is 85.3 Å². The third-order valence-corrected chi connectivity index (χ3v) is 8.76. The molecule has 9 nitrogen and oxygen atoms in total. The van der Waals surface area contributed by atoms with Gasteiger partial charge in [0.15, 0.2) is 0 Å². The highest BCUT2D eigenvalue weighted by molar-refractivity contribution is 5.85. The van der Waals surface area contributed by atoms with E-state index in [0.717, 1.165) is 53.0 Å². The molecular weight excluding hydrogens is 522 g/mol. The number of hydrogen-bond donors (Lipinski definition) is 2. The predicted molar refractivity (Wildman–Crippen MR) is 173 cm³/mol. The standard InChI is InChI=1S/C33H41N9/c1-5-24-21-26(7-10-30(24)42-15-11-27(12-16-42)41-19-17-40(4)18-20-41)37-33-36-22-25(6-2)32(39-33)38-28-8-9-29-31(23(28)3)35-14-13-34-29/h6-10,13-14,21-22,27H,2,5,11-12,15-20H2,1,3-4H3,(H2,36,37,38,39). The van der Waals surface area contributed by atoms with Crippen LogP contribution in [0.25, 0.3) is 17.1 Å². The summed E-state index contributed by atoms with van der Waals surface area (Å²) in [5, 5.41) is 6.91. The minimum Gasteiger partial charge on any atom is -0.371 e. The van der Waals surface area contributed by atoms with Crippen LogP contribution in [0.15, 0.2) is 55.5 Å². The maximum absolute atomic E-state index is 4.82. The lowest BCUT2D eigenvalue weighted by Gasteiger charge is -2.43. The van der Waals surface area contributed by atoms with Crippen LogP contribution in [0.3, 0.4) is 0 Å². The molecule has 9 heteroatoms. The first-order valence-electron chi connectivity index (χ1n) is 15.1. The first kappa shape index (κ1) is 28.1. The van der Waals surface area contributed by atoms with Crippen LogP contribution in [-0.2, 0) is 6.42 Å². The van der Waals surface area contributed by atoms with Crippen molar-refractivity contribution >= 4 is 45.9 Å². The molecule has 0 spiro atoms. The summed E-state index contributed by atoms with van der Waals surface area (Å²) in [5.41, 5.74) is 8.16. The number of hydrogen-bond acceptors (Lipinski definition) is 9. The van der Waals surface area contributed by atoms with Crippen LogP contribution >= 0.6 is 0 Å². The SMILES string of the molecule is C=Cc1cnc(Nc2ccc(N3CCC(N4CCN(C)CC4)CC3)c(CC)c2)nc1Nc1ccc2nccnc2c1C. The first-order valence-corrected chi connectivity index (χ1v) is 15.1. The number of nitrogens with zero attached hydrogens (tertiary/aromatic N) is 7. The molecule has 4 aromatic rings. The largest absolute Gasteiger partial charge is 0.371 e. The molecule has 2 fully saturated rings. The van der Waals surface area contributed by atoms with Crippen molar-refractivity contribution in [2.75, 3.05) is 61.8 Å². The fourth-order valence-corrected chi connectivity index (χ4v) is 6.18. The maximum Gasteiger partial charge on any atom is 0.229 e. The Labute approximate surface area is 248 Å². The highest BCUT2D eigenvalue weighted by Crippen LogP contribution is 2.31. The molecule has 2 aromatic heterocycles. The predicted octanol–water partition coefficient (Wildman–Crippen LogP) is 5.64. The molecular formula is C33H41N9. The van der Waals surface area contributed by atoms with Crippen LogP contribution in [0.4, 0.5) is 28.8 Å². The first-order chi connectivity index (χ1) is 20.5. The second-order valence-corrected chi connectivity index (χ2v) is 11.4. The second-order valence-electron chi connectivity index (χ2n) is 11.4. The van der Waals surface area contributed by atoms with Crippen molar-refractivity contribution in [1.82, 2.24) is 29.7 Å². The summed E-state index contributed by atoms with van der Waals surface area (Å²) < 4.78 is 0. The van der Waals surface area contributed by atoms with Gasteiger partial charge in [0.25, 0.3) is 0 Å². The van der Waals surface area contributed by atoms with E-state index in [1.165, 1.54) is 50.3 Å². The smallest absolute Gasteiger partial charge is 0.229 e. The third-order valence-electron chi connectivity index (χ3n) is 8.76. The summed E-state index contributed by atoms with van der Waals surface area (Å²) in [6, 6.07) is 11.3. The zero-order chi connectivity index (χ0) is 29.1. The molecule has 0 saturated carbocycles. The highest BCUT2D eigenvalue weighted by atomic mass is 15.3. The zero-order valence-corrected chi connectivity index (χ0v) is 25.0. The van der Waals surface area contributed by atoms with Crippen molar-refractivity contribution in [2.24, 2.45) is 0 Å². The van der Waals surface area contributed by atoms with Gasteiger partial charge >= 0.3 is 0 Å². The van der Waals surface area contributed by atoms with Gasteiger partial charge < -0.3 is 20.4 Å². The molecule has 218 valence electrons. The summed E-state index contributed by atoms with van der Waals surface area (Å²) in [4.78, 5) is 26.0. The molecule has 0 aliphatic carbocycles. The summed E-state index contributed by atoms with van der Waals surface area (Å²) >= 11 is 0. The molecule has 6 rings (SSSR count). The summed E-state index contributed by atoms with van der Waals surface area (Å²) in [5.74, 6) is 1.22. The van der Waals surface area contributed by atoms with Gasteiger partial charge in [-0.3, -0.25) is 14.9 Å². The van der Waals surface area contributed by atoms with Crippen molar-refractivity contribution in [3.05, 3.63) is 72.2 Å². The van der Waals surface area contributed by atoms with Crippen molar-refractivity contribution in [1.29, 1.82) is 0 Å². The van der Waals surface area contributed by atoms with E-state index in [2.05, 4.69) is 79.0 Å². The normalized spacial score (nSPS) is 17.0. The van der Waals surface area contributed by atoms with E-state index >= 15 is 0 Å². The fourth-order valence-electron chi connectivity index (χ4n) is 6.18. The lowest BCUT2D eigenvalue weighted by Crippen LogP contribution is -2.52. The fraction of sp³-hybridized carbons (Fsp3) is 0.394. The summed E-state index contributed by atoms with van der Waals surface area (Å²) in [6.45, 7) is 15.2. The molecule has 4 heterocycles. The van der Waals surface area contributed by atoms with E-state index in [9.17, 15) is 0 Å². The van der Waals surface area contributed by atoms with Gasteiger partial charge in [0.05, 0.1) is 11.0 Å². The number of benzene rings is 2. The van der Waals surface area contributed by atoms with Crippen LogP contribution in [0, 0.1) is 6.92 Å². The molecule has 2 saturated heterocycles. The Hall–Kier alpha value is -4.08. The van der Waals surface area contributed by atoms with Gasteiger partial charge in [0.2, 0.25) is 5.95 Å². The van der Waals surface area contributed by atoms with E-state index in [-0.39, 0.29) is 0 Å². The van der Waals surface area contributed by atoms with Crippen LogP contribution in [-0.4, -0.2) is 82.1 Å². The third kappa shape index (κ3) is 5.93.